The highest BCUT2D eigenvalue weighted by Gasteiger charge is 2.12. The van der Waals surface area contributed by atoms with E-state index >= 15 is 0 Å². The number of hydrogen-bond donors (Lipinski definition) is 0. The molecule has 0 bridgehead atoms. The Kier molecular flexibility index (Phi) is 2.51. The van der Waals surface area contributed by atoms with Crippen molar-refractivity contribution in [2.45, 2.75) is 0 Å². The number of nitrogens with zero attached hydrogens (tertiary/aromatic N) is 1. The highest BCUT2D eigenvalue weighted by Crippen LogP contribution is 2.35. The van der Waals surface area contributed by atoms with Gasteiger partial charge in [0.25, 0.3) is 0 Å². The van der Waals surface area contributed by atoms with Gasteiger partial charge in [-0.2, -0.15) is 0 Å². The molecule has 2 aromatic carbocycles. The Morgan fingerprint density at radius 3 is 2.65 bits per heavy atom. The van der Waals surface area contributed by atoms with Crippen LogP contribution in [-0.4, -0.2) is 4.98 Å². The van der Waals surface area contributed by atoms with Crippen molar-refractivity contribution in [2.75, 3.05) is 0 Å². The maximum absolute atomic E-state index is 6.05. The van der Waals surface area contributed by atoms with Gasteiger partial charge in [0.2, 0.25) is 0 Å². The van der Waals surface area contributed by atoms with Crippen molar-refractivity contribution >= 4 is 33.5 Å². The van der Waals surface area contributed by atoms with Gasteiger partial charge in [-0.05, 0) is 24.3 Å². The van der Waals surface area contributed by atoms with Crippen LogP contribution in [0.4, 0.5) is 0 Å². The van der Waals surface area contributed by atoms with Gasteiger partial charge in [-0.15, -0.1) is 0 Å². The molecule has 20 heavy (non-hydrogen) atoms. The smallest absolute Gasteiger partial charge is 0.144 e. The quantitative estimate of drug-likeness (QED) is 0.472. The zero-order valence-electron chi connectivity index (χ0n) is 10.5. The first kappa shape index (κ1) is 11.5. The van der Waals surface area contributed by atoms with Gasteiger partial charge in [0.05, 0.1) is 5.69 Å². The van der Waals surface area contributed by atoms with Crippen LogP contribution >= 0.6 is 11.6 Å². The number of hydrogen-bond acceptors (Lipinski definition) is 2. The van der Waals surface area contributed by atoms with Gasteiger partial charge in [0.15, 0.2) is 0 Å². The second-order valence-electron chi connectivity index (χ2n) is 4.64. The van der Waals surface area contributed by atoms with Crippen molar-refractivity contribution < 1.29 is 4.42 Å². The van der Waals surface area contributed by atoms with Crippen LogP contribution in [0.1, 0.15) is 0 Å². The first-order chi connectivity index (χ1) is 9.83. The minimum Gasteiger partial charge on any atom is -0.455 e. The van der Waals surface area contributed by atoms with Crippen LogP contribution in [0.25, 0.3) is 33.2 Å². The van der Waals surface area contributed by atoms with Crippen LogP contribution in [0.3, 0.4) is 0 Å². The van der Waals surface area contributed by atoms with Gasteiger partial charge < -0.3 is 4.42 Å². The Balaban J connectivity index is 2.10. The summed E-state index contributed by atoms with van der Waals surface area (Å²) in [6, 6.07) is 17.7. The molecule has 0 N–H and O–H groups in total. The van der Waals surface area contributed by atoms with E-state index in [1.165, 1.54) is 0 Å². The molecule has 2 heterocycles. The van der Waals surface area contributed by atoms with E-state index in [9.17, 15) is 0 Å². The van der Waals surface area contributed by atoms with Gasteiger partial charge >= 0.3 is 0 Å². The summed E-state index contributed by atoms with van der Waals surface area (Å²) < 4.78 is 5.99. The van der Waals surface area contributed by atoms with E-state index in [-0.39, 0.29) is 0 Å². The van der Waals surface area contributed by atoms with E-state index in [1.807, 2.05) is 36.4 Å². The number of benzene rings is 2. The Labute approximate surface area is 120 Å². The molecule has 0 spiro atoms. The highest BCUT2D eigenvalue weighted by atomic mass is 35.5. The van der Waals surface area contributed by atoms with E-state index in [2.05, 4.69) is 17.1 Å². The molecule has 0 radical (unpaired) electrons. The average Bonchev–Trinajstić information content (AvgIpc) is 2.86. The zero-order chi connectivity index (χ0) is 13.5. The molecular formula is C17H10ClNO. The summed E-state index contributed by atoms with van der Waals surface area (Å²) >= 11 is 6.05. The van der Waals surface area contributed by atoms with Crippen LogP contribution in [0.5, 0.6) is 0 Å². The second kappa shape index (κ2) is 4.36. The monoisotopic (exact) mass is 279 g/mol. The molecule has 4 aromatic rings. The van der Waals surface area contributed by atoms with Crippen molar-refractivity contribution in [3.05, 3.63) is 65.8 Å². The Bertz CT molecular complexity index is 926. The largest absolute Gasteiger partial charge is 0.455 e. The van der Waals surface area contributed by atoms with E-state index in [0.29, 0.717) is 5.02 Å². The maximum atomic E-state index is 6.05. The van der Waals surface area contributed by atoms with Gasteiger partial charge in [0, 0.05) is 27.6 Å². The molecule has 2 nitrogen and oxygen atoms in total. The molecule has 0 atom stereocenters. The Hall–Kier alpha value is -2.32. The number of furan rings is 1. The standard InChI is InChI=1S/C17H10ClNO/c18-11-8-9-19-15(10-11)14-6-3-5-13-12-4-1-2-7-16(12)20-17(13)14/h1-10H. The third-order valence-electron chi connectivity index (χ3n) is 3.40. The fourth-order valence-electron chi connectivity index (χ4n) is 2.50. The second-order valence-corrected chi connectivity index (χ2v) is 5.08. The van der Waals surface area contributed by atoms with Crippen molar-refractivity contribution in [1.29, 1.82) is 0 Å². The number of rotatable bonds is 1. The first-order valence-corrected chi connectivity index (χ1v) is 6.73. The molecule has 0 aliphatic rings. The summed E-state index contributed by atoms with van der Waals surface area (Å²) in [6.07, 6.45) is 1.71. The van der Waals surface area contributed by atoms with Crippen LogP contribution in [0.15, 0.2) is 65.2 Å². The molecule has 2 aromatic heterocycles. The lowest BCUT2D eigenvalue weighted by atomic mass is 10.1. The van der Waals surface area contributed by atoms with E-state index in [4.69, 9.17) is 16.0 Å². The Morgan fingerprint density at radius 2 is 1.75 bits per heavy atom. The van der Waals surface area contributed by atoms with Crippen molar-refractivity contribution in [3.63, 3.8) is 0 Å². The summed E-state index contributed by atoms with van der Waals surface area (Å²) in [5.74, 6) is 0. The topological polar surface area (TPSA) is 26.0 Å². The fraction of sp³-hybridized carbons (Fsp3) is 0. The zero-order valence-corrected chi connectivity index (χ0v) is 11.3. The van der Waals surface area contributed by atoms with Crippen molar-refractivity contribution in [1.82, 2.24) is 4.98 Å². The molecule has 96 valence electrons. The lowest BCUT2D eigenvalue weighted by Crippen LogP contribution is -1.83. The van der Waals surface area contributed by atoms with Gasteiger partial charge in [-0.3, -0.25) is 4.98 Å². The highest BCUT2D eigenvalue weighted by molar-refractivity contribution is 6.30. The molecule has 0 aliphatic heterocycles. The van der Waals surface area contributed by atoms with E-state index in [1.54, 1.807) is 12.3 Å². The summed E-state index contributed by atoms with van der Waals surface area (Å²) in [5.41, 5.74) is 3.52. The third-order valence-corrected chi connectivity index (χ3v) is 3.64. The minimum absolute atomic E-state index is 0.670. The summed E-state index contributed by atoms with van der Waals surface area (Å²) in [4.78, 5) is 4.39. The normalized spacial score (nSPS) is 11.2. The first-order valence-electron chi connectivity index (χ1n) is 6.35. The molecule has 0 saturated heterocycles. The number of aromatic nitrogens is 1. The van der Waals surface area contributed by atoms with Crippen LogP contribution in [0.2, 0.25) is 5.02 Å². The lowest BCUT2D eigenvalue weighted by molar-refractivity contribution is 0.670. The summed E-state index contributed by atoms with van der Waals surface area (Å²) in [6.45, 7) is 0. The van der Waals surface area contributed by atoms with Gasteiger partial charge in [-0.25, -0.2) is 0 Å². The molecule has 0 fully saturated rings. The fourth-order valence-corrected chi connectivity index (χ4v) is 2.66. The van der Waals surface area contributed by atoms with Crippen molar-refractivity contribution in [3.8, 4) is 11.3 Å². The number of pyridine rings is 1. The van der Waals surface area contributed by atoms with Crippen LogP contribution in [0, 0.1) is 0 Å². The predicted molar refractivity (Wildman–Crippen MR) is 82.0 cm³/mol. The summed E-state index contributed by atoms with van der Waals surface area (Å²) in [5, 5.41) is 2.88. The minimum atomic E-state index is 0.670. The predicted octanol–water partition coefficient (Wildman–Crippen LogP) is 5.30. The van der Waals surface area contributed by atoms with Crippen LogP contribution < -0.4 is 0 Å². The molecule has 3 heteroatoms. The Morgan fingerprint density at radius 1 is 0.900 bits per heavy atom. The lowest BCUT2D eigenvalue weighted by Gasteiger charge is -2.01. The van der Waals surface area contributed by atoms with E-state index < -0.39 is 0 Å². The molecule has 4 rings (SSSR count). The number of fused-ring (bicyclic) bond motifs is 3. The summed E-state index contributed by atoms with van der Waals surface area (Å²) in [7, 11) is 0. The van der Waals surface area contributed by atoms with Crippen LogP contribution in [-0.2, 0) is 0 Å². The molecule has 0 amide bonds. The van der Waals surface area contributed by atoms with Crippen molar-refractivity contribution in [2.24, 2.45) is 0 Å². The molecule has 0 saturated carbocycles. The van der Waals surface area contributed by atoms with Gasteiger partial charge in [-0.1, -0.05) is 41.9 Å². The number of para-hydroxylation sites is 2. The van der Waals surface area contributed by atoms with E-state index in [0.717, 1.165) is 33.2 Å². The number of halogens is 1. The molecule has 0 unspecified atom stereocenters. The molecular weight excluding hydrogens is 270 g/mol. The van der Waals surface area contributed by atoms with Gasteiger partial charge in [0.1, 0.15) is 11.2 Å². The average molecular weight is 280 g/mol. The molecule has 0 aliphatic carbocycles. The maximum Gasteiger partial charge on any atom is 0.144 e. The third kappa shape index (κ3) is 1.69. The SMILES string of the molecule is Clc1ccnc(-c2cccc3c2oc2ccccc23)c1.